The number of aliphatic hydroxyl groups is 1. The van der Waals surface area contributed by atoms with Crippen molar-refractivity contribution in [1.29, 1.82) is 0 Å². The van der Waals surface area contributed by atoms with Crippen LogP contribution in [0, 0.1) is 24.7 Å². The van der Waals surface area contributed by atoms with E-state index >= 15 is 0 Å². The molecule has 3 aromatic heterocycles. The van der Waals surface area contributed by atoms with Crippen molar-refractivity contribution in [2.75, 3.05) is 37.9 Å². The van der Waals surface area contributed by atoms with E-state index in [2.05, 4.69) is 30.6 Å². The zero-order valence-corrected chi connectivity index (χ0v) is 33.1. The summed E-state index contributed by atoms with van der Waals surface area (Å²) in [5.74, 6) is -0.646. The molecule has 298 valence electrons. The summed E-state index contributed by atoms with van der Waals surface area (Å²) in [6.07, 6.45) is -1.34. The minimum Gasteiger partial charge on any atom is -0.390 e. The van der Waals surface area contributed by atoms with Crippen molar-refractivity contribution < 1.29 is 33.0 Å². The van der Waals surface area contributed by atoms with Gasteiger partial charge in [0.25, 0.3) is 11.5 Å². The molecule has 9 atom stereocenters. The summed E-state index contributed by atoms with van der Waals surface area (Å²) in [4.78, 5) is 54.5. The van der Waals surface area contributed by atoms with E-state index in [0.717, 1.165) is 0 Å². The average molecular weight is 784 g/mol. The third kappa shape index (κ3) is 8.31. The van der Waals surface area contributed by atoms with Gasteiger partial charge in [0.1, 0.15) is 30.5 Å². The molecule has 4 N–H and O–H groups in total. The van der Waals surface area contributed by atoms with Crippen LogP contribution in [-0.4, -0.2) is 96.4 Å². The molecule has 2 saturated heterocycles. The van der Waals surface area contributed by atoms with Crippen LogP contribution in [0.2, 0.25) is 0 Å². The number of aromatic amines is 1. The smallest absolute Gasteiger partial charge is 0.390 e. The number of nitrogens with zero attached hydrogens (tertiary/aromatic N) is 6. The van der Waals surface area contributed by atoms with E-state index in [0.29, 0.717) is 41.6 Å². The van der Waals surface area contributed by atoms with E-state index in [-0.39, 0.29) is 23.5 Å². The van der Waals surface area contributed by atoms with Gasteiger partial charge in [0.15, 0.2) is 11.2 Å². The Morgan fingerprint density at radius 2 is 1.76 bits per heavy atom. The summed E-state index contributed by atoms with van der Waals surface area (Å²) >= 11 is 0. The number of nitrogens with one attached hydrogen (secondary N) is 3. The molecule has 0 saturated carbocycles. The minimum atomic E-state index is -4.03. The van der Waals surface area contributed by atoms with Gasteiger partial charge in [-0.15, -0.1) is 0 Å². The maximum atomic E-state index is 14.4. The Bertz CT molecular complexity index is 2160. The molecule has 2 fully saturated rings. The first-order valence-electron chi connectivity index (χ1n) is 18.4. The van der Waals surface area contributed by atoms with Gasteiger partial charge in [-0.2, -0.15) is 9.97 Å². The van der Waals surface area contributed by atoms with Crippen LogP contribution in [0.25, 0.3) is 11.2 Å². The Hall–Kier alpha value is -4.29. The van der Waals surface area contributed by atoms with Crippen LogP contribution in [0.1, 0.15) is 69.4 Å². The molecule has 5 heterocycles. The summed E-state index contributed by atoms with van der Waals surface area (Å²) in [5, 5.41) is 17.0. The molecule has 6 rings (SSSR count). The average Bonchev–Trinajstić information content (AvgIpc) is 3.80. The number of H-pyrrole nitrogens is 1. The maximum Gasteiger partial charge on any atom is 0.408 e. The van der Waals surface area contributed by atoms with Gasteiger partial charge in [-0.3, -0.25) is 32.8 Å². The van der Waals surface area contributed by atoms with Crippen molar-refractivity contribution in [1.82, 2.24) is 33.7 Å². The third-order valence-corrected chi connectivity index (χ3v) is 11.9. The van der Waals surface area contributed by atoms with Crippen molar-refractivity contribution in [3.05, 3.63) is 74.8 Å². The second kappa shape index (κ2) is 16.4. The summed E-state index contributed by atoms with van der Waals surface area (Å²) < 4.78 is 43.7. The second-order valence-corrected chi connectivity index (χ2v) is 16.9. The highest BCUT2D eigenvalue weighted by Gasteiger charge is 2.49. The molecular weight excluding hydrogens is 733 g/mol. The predicted molar refractivity (Wildman–Crippen MR) is 204 cm³/mol. The Kier molecular flexibility index (Phi) is 12.1. The molecule has 1 amide bonds. The number of carbonyl (C=O) groups is 1. The first-order chi connectivity index (χ1) is 26.1. The normalized spacial score (nSPS) is 26.5. The quantitative estimate of drug-likeness (QED) is 0.133. The van der Waals surface area contributed by atoms with Gasteiger partial charge in [-0.05, 0) is 45.5 Å². The monoisotopic (exact) mass is 783 g/mol. The van der Waals surface area contributed by atoms with Gasteiger partial charge in [-0.1, -0.05) is 52.8 Å². The fourth-order valence-electron chi connectivity index (χ4n) is 6.74. The third-order valence-electron chi connectivity index (χ3n) is 9.94. The molecule has 0 spiro atoms. The Morgan fingerprint density at radius 1 is 1.07 bits per heavy atom. The zero-order chi connectivity index (χ0) is 39.8. The van der Waals surface area contributed by atoms with Crippen molar-refractivity contribution in [3.8, 4) is 0 Å². The highest BCUT2D eigenvalue weighted by molar-refractivity contribution is 7.51. The molecule has 2 aliphatic heterocycles. The second-order valence-electron chi connectivity index (χ2n) is 14.7. The lowest BCUT2D eigenvalue weighted by Gasteiger charge is -2.30. The number of carbonyl (C=O) groups excluding carboxylic acids is 1. The molecule has 2 aliphatic rings. The molecule has 19 heteroatoms. The molecule has 4 aromatic rings. The largest absolute Gasteiger partial charge is 0.408 e. The van der Waals surface area contributed by atoms with Crippen LogP contribution in [0.3, 0.4) is 0 Å². The molecule has 0 bridgehead atoms. The summed E-state index contributed by atoms with van der Waals surface area (Å²) in [5.41, 5.74) is 0.334. The number of anilines is 2. The predicted octanol–water partition coefficient (Wildman–Crippen LogP) is 3.91. The van der Waals surface area contributed by atoms with Crippen LogP contribution in [0.5, 0.6) is 0 Å². The highest BCUT2D eigenvalue weighted by Crippen LogP contribution is 2.55. The summed E-state index contributed by atoms with van der Waals surface area (Å²) in [6.45, 7) is 11.6. The molecule has 0 radical (unpaired) electrons. The number of rotatable bonds is 14. The molecule has 18 nitrogen and oxygen atoms in total. The first-order valence-corrected chi connectivity index (χ1v) is 19.9. The number of benzene rings is 1. The number of imidazole rings is 1. The SMILES string of the molecule is CC[C@H]1O[C@@H](n2cnc3c(=O)[nH]c(NCC(C)C)nc32)C(C)[C@H]1OP(=O)(OC[C@H]1O[C@@H](n2cc(C)c(NC(=O)c3ccccc3)nc2=O)C(C)[C@H]1O)N(C)C. The van der Waals surface area contributed by atoms with Gasteiger partial charge in [-0.25, -0.2) is 19.0 Å². The zero-order valence-electron chi connectivity index (χ0n) is 32.2. The van der Waals surface area contributed by atoms with Crippen molar-refractivity contribution in [3.63, 3.8) is 0 Å². The van der Waals surface area contributed by atoms with Gasteiger partial charge < -0.3 is 25.2 Å². The minimum absolute atomic E-state index is 0.109. The molecule has 3 unspecified atom stereocenters. The van der Waals surface area contributed by atoms with Crippen molar-refractivity contribution >= 4 is 36.6 Å². The molecule has 55 heavy (non-hydrogen) atoms. The number of aromatic nitrogens is 6. The van der Waals surface area contributed by atoms with Crippen LogP contribution in [0.15, 0.2) is 52.4 Å². The lowest BCUT2D eigenvalue weighted by Crippen LogP contribution is -2.33. The summed E-state index contributed by atoms with van der Waals surface area (Å²) in [6, 6.07) is 8.56. The van der Waals surface area contributed by atoms with E-state index in [9.17, 15) is 24.1 Å². The highest BCUT2D eigenvalue weighted by atomic mass is 31.2. The van der Waals surface area contributed by atoms with Crippen LogP contribution < -0.4 is 21.9 Å². The lowest BCUT2D eigenvalue weighted by atomic mass is 10.0. The molecule has 0 aliphatic carbocycles. The lowest BCUT2D eigenvalue weighted by molar-refractivity contribution is -0.0505. The number of hydrogen-bond donors (Lipinski definition) is 4. The molecular formula is C36H50N9O9P. The first kappa shape index (κ1) is 40.4. The van der Waals surface area contributed by atoms with E-state index < -0.39 is 68.1 Å². The Balaban J connectivity index is 1.15. The van der Waals surface area contributed by atoms with Crippen molar-refractivity contribution in [2.24, 2.45) is 17.8 Å². The number of hydrogen-bond acceptors (Lipinski definition) is 13. The standard InChI is InChI=1S/C36H50N9O9P/c1-9-24-28(22(6)34(52-24)45-18-38-26-30(45)41-35(42-32(26)48)37-15-19(2)3)54-55(50,43(7)8)51-17-25-27(46)21(5)33(53-25)44-16-20(4)29(40-36(44)49)39-31(47)23-13-11-10-12-14-23/h10-14,16,18-19,21-22,24-25,27-28,33-34,46H,9,15,17H2,1-8H3,(H2,37,41,42,48)(H,39,40,47,49)/t21?,22?,24-,25-,27-,28-,33-,34-,55?/m1/s1. The van der Waals surface area contributed by atoms with Crippen LogP contribution >= 0.6 is 7.75 Å². The number of ether oxygens (including phenoxy) is 2. The van der Waals surface area contributed by atoms with E-state index in [4.69, 9.17) is 18.5 Å². The summed E-state index contributed by atoms with van der Waals surface area (Å²) in [7, 11) is -0.904. The van der Waals surface area contributed by atoms with E-state index in [1.54, 1.807) is 62.8 Å². The van der Waals surface area contributed by atoms with Gasteiger partial charge >= 0.3 is 13.4 Å². The fourth-order valence-corrected chi connectivity index (χ4v) is 8.19. The van der Waals surface area contributed by atoms with Gasteiger partial charge in [0, 0.05) is 35.7 Å². The molecule has 1 aromatic carbocycles. The topological polar surface area (TPSA) is 217 Å². The maximum absolute atomic E-state index is 14.4. The number of aryl methyl sites for hydroxylation is 1. The Morgan fingerprint density at radius 3 is 2.44 bits per heavy atom. The van der Waals surface area contributed by atoms with Gasteiger partial charge in [0.05, 0.1) is 25.1 Å². The van der Waals surface area contributed by atoms with E-state index in [1.807, 2.05) is 27.7 Å². The fraction of sp³-hybridized carbons (Fsp3) is 0.556. The van der Waals surface area contributed by atoms with Crippen LogP contribution in [-0.2, 0) is 23.1 Å². The van der Waals surface area contributed by atoms with Crippen molar-refractivity contribution in [2.45, 2.75) is 84.8 Å². The van der Waals surface area contributed by atoms with E-state index in [1.165, 1.54) is 21.8 Å². The Labute approximate surface area is 318 Å². The van der Waals surface area contributed by atoms with Gasteiger partial charge in [0.2, 0.25) is 5.95 Å². The number of amides is 1. The number of aliphatic hydroxyl groups excluding tert-OH is 1. The van der Waals surface area contributed by atoms with Crippen LogP contribution in [0.4, 0.5) is 11.8 Å². The number of fused-ring (bicyclic) bond motifs is 1.